The van der Waals surface area contributed by atoms with E-state index in [-0.39, 0.29) is 0 Å². The first kappa shape index (κ1) is 98.5. The minimum atomic E-state index is 0.884. The summed E-state index contributed by atoms with van der Waals surface area (Å²) in [5, 5.41) is 0. The molecular weight excluding hydrogens is 781 g/mol. The SMILES string of the molecule is CCC(C)C.CCC(C)C.CCC(C)C.CCC(C)C.CCC(C)C.CCC(C)C.CCC(C)C.CCC(C)C.CCC(C)C.CCC(C)C.CCC(C)C.CCC(C)C.CCC(C)C. The quantitative estimate of drug-likeness (QED) is 0.173. The van der Waals surface area contributed by atoms with Gasteiger partial charge in [-0.25, -0.2) is 0 Å². The van der Waals surface area contributed by atoms with Crippen LogP contribution in [0, 0.1) is 76.9 Å². The second-order valence-electron chi connectivity index (χ2n) is 23.4. The number of rotatable bonds is 13. The zero-order valence-electron chi connectivity index (χ0n) is 55.7. The van der Waals surface area contributed by atoms with Crippen molar-refractivity contribution in [2.24, 2.45) is 76.9 Å². The number of hydrogen-bond donors (Lipinski definition) is 0. The fourth-order valence-corrected chi connectivity index (χ4v) is 0. The van der Waals surface area contributed by atoms with Gasteiger partial charge in [0.25, 0.3) is 0 Å². The van der Waals surface area contributed by atoms with Crippen LogP contribution in [0.5, 0.6) is 0 Å². The van der Waals surface area contributed by atoms with Crippen molar-refractivity contribution in [1.29, 1.82) is 0 Å². The van der Waals surface area contributed by atoms with Crippen LogP contribution in [0.2, 0.25) is 0 Å². The molecule has 0 rings (SSSR count). The molecule has 0 aliphatic rings. The van der Waals surface area contributed by atoms with E-state index in [1.165, 1.54) is 83.5 Å². The molecular formula is C65H156. The van der Waals surface area contributed by atoms with Crippen molar-refractivity contribution in [1.82, 2.24) is 0 Å². The summed E-state index contributed by atoms with van der Waals surface area (Å²) in [4.78, 5) is 0. The molecule has 0 heterocycles. The first-order valence-corrected chi connectivity index (χ1v) is 29.5. The minimum Gasteiger partial charge on any atom is -0.0651 e. The van der Waals surface area contributed by atoms with E-state index in [1.807, 2.05) is 0 Å². The van der Waals surface area contributed by atoms with Gasteiger partial charge in [-0.1, -0.05) is 353 Å². The van der Waals surface area contributed by atoms with Crippen molar-refractivity contribution in [2.75, 3.05) is 0 Å². The smallest absolute Gasteiger partial charge is 0.0474 e. The third-order valence-corrected chi connectivity index (χ3v) is 10.6. The second-order valence-corrected chi connectivity index (χ2v) is 23.4. The molecule has 0 radical (unpaired) electrons. The van der Waals surface area contributed by atoms with E-state index in [0.717, 1.165) is 76.9 Å². The molecule has 0 aromatic carbocycles. The minimum absolute atomic E-state index is 0.884. The van der Waals surface area contributed by atoms with Crippen molar-refractivity contribution in [3.05, 3.63) is 0 Å². The van der Waals surface area contributed by atoms with Gasteiger partial charge in [0.2, 0.25) is 0 Å². The van der Waals surface area contributed by atoms with Crippen LogP contribution in [0.4, 0.5) is 0 Å². The van der Waals surface area contributed by atoms with Crippen LogP contribution >= 0.6 is 0 Å². The summed E-state index contributed by atoms with van der Waals surface area (Å²) in [5.41, 5.74) is 0. The molecule has 0 heteroatoms. The van der Waals surface area contributed by atoms with E-state index in [9.17, 15) is 0 Å². The Balaban J connectivity index is -0.0000000410. The monoisotopic (exact) mass is 937 g/mol. The topological polar surface area (TPSA) is 0 Å². The van der Waals surface area contributed by atoms with Crippen molar-refractivity contribution in [2.45, 2.75) is 353 Å². The molecule has 0 spiro atoms. The van der Waals surface area contributed by atoms with Crippen LogP contribution in [0.3, 0.4) is 0 Å². The van der Waals surface area contributed by atoms with E-state index >= 15 is 0 Å². The molecule has 0 aromatic heterocycles. The Kier molecular flexibility index (Phi) is 142. The van der Waals surface area contributed by atoms with Crippen molar-refractivity contribution < 1.29 is 0 Å². The van der Waals surface area contributed by atoms with Crippen molar-refractivity contribution >= 4 is 0 Å². The molecule has 0 unspecified atom stereocenters. The normalized spacial score (nSPS) is 9.60. The highest BCUT2D eigenvalue weighted by Gasteiger charge is 1.85. The molecule has 0 saturated heterocycles. The van der Waals surface area contributed by atoms with Crippen LogP contribution in [-0.4, -0.2) is 0 Å². The third-order valence-electron chi connectivity index (χ3n) is 10.6. The molecule has 416 valence electrons. The van der Waals surface area contributed by atoms with E-state index in [4.69, 9.17) is 0 Å². The highest BCUT2D eigenvalue weighted by atomic mass is 13.9. The molecule has 0 aromatic rings. The lowest BCUT2D eigenvalue weighted by Crippen LogP contribution is -1.77. The maximum Gasteiger partial charge on any atom is -0.0474 e. The van der Waals surface area contributed by atoms with E-state index in [0.29, 0.717) is 0 Å². The van der Waals surface area contributed by atoms with Gasteiger partial charge in [0, 0.05) is 0 Å². The average molecular weight is 938 g/mol. The first-order valence-electron chi connectivity index (χ1n) is 29.5. The molecule has 0 nitrogen and oxygen atoms in total. The lowest BCUT2D eigenvalue weighted by atomic mass is 10.2. The standard InChI is InChI=1S/13C5H12/c13*1-4-5(2)3/h13*5H,4H2,1-3H3. The fraction of sp³-hybridized carbons (Fsp3) is 1.00. The molecule has 0 bridgehead atoms. The largest absolute Gasteiger partial charge is 0.0651 e. The van der Waals surface area contributed by atoms with Gasteiger partial charge in [-0.3, -0.25) is 0 Å². The third kappa shape index (κ3) is 364. The van der Waals surface area contributed by atoms with Gasteiger partial charge >= 0.3 is 0 Å². The van der Waals surface area contributed by atoms with Gasteiger partial charge in [-0.15, -0.1) is 0 Å². The van der Waals surface area contributed by atoms with Gasteiger partial charge in [-0.05, 0) is 76.9 Å². The Morgan fingerprint density at radius 1 is 0.108 bits per heavy atom. The Morgan fingerprint density at radius 3 is 0.123 bits per heavy atom. The summed E-state index contributed by atoms with van der Waals surface area (Å²) in [6.07, 6.45) is 17.0. The lowest BCUT2D eigenvalue weighted by molar-refractivity contribution is 0.626. The van der Waals surface area contributed by atoms with Crippen LogP contribution in [0.1, 0.15) is 353 Å². The fourth-order valence-electron chi connectivity index (χ4n) is 0. The predicted molar refractivity (Wildman–Crippen MR) is 327 cm³/mol. The molecule has 0 saturated carbocycles. The Hall–Kier alpha value is 0. The Labute approximate surface area is 428 Å². The summed E-state index contributed by atoms with van der Waals surface area (Å²) in [6, 6.07) is 0. The van der Waals surface area contributed by atoms with Crippen molar-refractivity contribution in [3.63, 3.8) is 0 Å². The molecule has 65 heavy (non-hydrogen) atoms. The average Bonchev–Trinajstić information content (AvgIpc) is 3.25. The second kappa shape index (κ2) is 93.9. The highest BCUT2D eigenvalue weighted by Crippen LogP contribution is 1.99. The van der Waals surface area contributed by atoms with Crippen LogP contribution in [0.25, 0.3) is 0 Å². The highest BCUT2D eigenvalue weighted by molar-refractivity contribution is 4.38. The van der Waals surface area contributed by atoms with Crippen LogP contribution < -0.4 is 0 Å². The Bertz CT molecular complexity index is 374. The molecule has 0 atom stereocenters. The molecule has 0 fully saturated rings. The van der Waals surface area contributed by atoms with Gasteiger partial charge in [0.1, 0.15) is 0 Å². The maximum atomic E-state index is 2.22. The van der Waals surface area contributed by atoms with E-state index in [2.05, 4.69) is 270 Å². The molecule has 0 amide bonds. The number of hydrogen-bond acceptors (Lipinski definition) is 0. The molecule has 0 aliphatic carbocycles. The van der Waals surface area contributed by atoms with Gasteiger partial charge in [-0.2, -0.15) is 0 Å². The van der Waals surface area contributed by atoms with Gasteiger partial charge in [0.05, 0.1) is 0 Å². The molecule has 0 N–H and O–H groups in total. The maximum absolute atomic E-state index is 2.22. The lowest BCUT2D eigenvalue weighted by Gasteiger charge is -1.90. The van der Waals surface area contributed by atoms with Crippen molar-refractivity contribution in [3.8, 4) is 0 Å². The zero-order chi connectivity index (χ0) is 55.7. The summed E-state index contributed by atoms with van der Waals surface area (Å²) in [7, 11) is 0. The first-order chi connectivity index (χ1) is 29.5. The van der Waals surface area contributed by atoms with Crippen LogP contribution in [-0.2, 0) is 0 Å². The Morgan fingerprint density at radius 2 is 0.123 bits per heavy atom. The zero-order valence-corrected chi connectivity index (χ0v) is 55.7. The molecule has 0 aliphatic heterocycles. The summed E-state index contributed by atoms with van der Waals surface area (Å²) in [6.45, 7) is 86.4. The van der Waals surface area contributed by atoms with E-state index < -0.39 is 0 Å². The predicted octanol–water partition coefficient (Wildman–Crippen LogP) is 26.7. The van der Waals surface area contributed by atoms with E-state index in [1.54, 1.807) is 0 Å². The van der Waals surface area contributed by atoms with Gasteiger partial charge in [0.15, 0.2) is 0 Å². The van der Waals surface area contributed by atoms with Crippen LogP contribution in [0.15, 0.2) is 0 Å². The summed E-state index contributed by atoms with van der Waals surface area (Å²) >= 11 is 0. The summed E-state index contributed by atoms with van der Waals surface area (Å²) in [5.74, 6) is 11.5. The summed E-state index contributed by atoms with van der Waals surface area (Å²) < 4.78 is 0. The van der Waals surface area contributed by atoms with Gasteiger partial charge < -0.3 is 0 Å².